The van der Waals surface area contributed by atoms with Crippen molar-refractivity contribution in [2.75, 3.05) is 0 Å². The number of aromatic nitrogens is 1. The molecule has 1 aliphatic carbocycles. The smallest absolute Gasteiger partial charge is 0.0748 e. The van der Waals surface area contributed by atoms with E-state index in [0.717, 1.165) is 5.69 Å². The molecule has 1 aromatic heterocycles. The molecule has 0 saturated heterocycles. The first-order chi connectivity index (χ1) is 12.6. The summed E-state index contributed by atoms with van der Waals surface area (Å²) >= 11 is 0. The summed E-state index contributed by atoms with van der Waals surface area (Å²) in [6, 6.07) is 24.2. The minimum atomic E-state index is -0.0663. The minimum Gasteiger partial charge on any atom is -0.256 e. The van der Waals surface area contributed by atoms with Crippen LogP contribution in [0.1, 0.15) is 30.5 Å². The lowest BCUT2D eigenvalue weighted by atomic mass is 9.80. The lowest BCUT2D eigenvalue weighted by Gasteiger charge is -2.24. The van der Waals surface area contributed by atoms with Gasteiger partial charge in [0, 0.05) is 17.2 Å². The van der Waals surface area contributed by atoms with E-state index in [4.69, 9.17) is 4.98 Å². The molecule has 1 heteroatoms. The maximum atomic E-state index is 4.80. The number of hydrogen-bond acceptors (Lipinski definition) is 1. The van der Waals surface area contributed by atoms with E-state index in [9.17, 15) is 0 Å². The Hall–Kier alpha value is -2.93. The molecule has 26 heavy (non-hydrogen) atoms. The quantitative estimate of drug-likeness (QED) is 0.386. The summed E-state index contributed by atoms with van der Waals surface area (Å²) in [5.74, 6) is 0. The highest BCUT2D eigenvalue weighted by atomic mass is 14.7. The molecule has 0 aliphatic heterocycles. The van der Waals surface area contributed by atoms with E-state index in [1.54, 1.807) is 0 Å². The summed E-state index contributed by atoms with van der Waals surface area (Å²) in [4.78, 5) is 4.80. The van der Waals surface area contributed by atoms with Gasteiger partial charge in [0.2, 0.25) is 0 Å². The molecule has 0 atom stereocenters. The second-order valence-electron chi connectivity index (χ2n) is 7.82. The van der Waals surface area contributed by atoms with Crippen molar-refractivity contribution >= 4 is 10.8 Å². The molecule has 3 aromatic carbocycles. The number of fused-ring (bicyclic) bond motifs is 4. The molecule has 0 unspecified atom stereocenters. The molecule has 1 aliphatic rings. The number of pyridine rings is 1. The predicted molar refractivity (Wildman–Crippen MR) is 109 cm³/mol. The number of nitrogens with zero attached hydrogens (tertiary/aromatic N) is 1. The third-order valence-electron chi connectivity index (χ3n) is 5.75. The fourth-order valence-electron chi connectivity index (χ4n) is 4.36. The molecule has 0 saturated carbocycles. The summed E-state index contributed by atoms with van der Waals surface area (Å²) in [6.45, 7) is 6.77. The van der Waals surface area contributed by atoms with Crippen molar-refractivity contribution < 1.29 is 0 Å². The van der Waals surface area contributed by atoms with E-state index in [1.165, 1.54) is 44.2 Å². The average Bonchev–Trinajstić information content (AvgIpc) is 2.88. The predicted octanol–water partition coefficient (Wildman–Crippen LogP) is 6.52. The van der Waals surface area contributed by atoms with Crippen molar-refractivity contribution in [3.05, 3.63) is 89.6 Å². The molecule has 0 spiro atoms. The van der Waals surface area contributed by atoms with E-state index in [2.05, 4.69) is 87.5 Å². The number of rotatable bonds is 1. The molecular weight excluding hydrogens is 314 g/mol. The van der Waals surface area contributed by atoms with E-state index in [-0.39, 0.29) is 5.41 Å². The Kier molecular flexibility index (Phi) is 3.12. The van der Waals surface area contributed by atoms with Gasteiger partial charge in [-0.1, -0.05) is 67.9 Å². The average molecular weight is 335 g/mol. The van der Waals surface area contributed by atoms with Crippen LogP contribution in [0.25, 0.3) is 33.2 Å². The Bertz CT molecular complexity index is 1150. The number of hydrogen-bond donors (Lipinski definition) is 0. The van der Waals surface area contributed by atoms with Gasteiger partial charge in [-0.15, -0.1) is 0 Å². The van der Waals surface area contributed by atoms with Gasteiger partial charge < -0.3 is 0 Å². The lowest BCUT2D eigenvalue weighted by molar-refractivity contribution is 0.660. The van der Waals surface area contributed by atoms with Crippen LogP contribution in [0.4, 0.5) is 0 Å². The van der Waals surface area contributed by atoms with Crippen LogP contribution in [-0.2, 0) is 5.41 Å². The van der Waals surface area contributed by atoms with Crippen LogP contribution in [-0.4, -0.2) is 4.98 Å². The van der Waals surface area contributed by atoms with Gasteiger partial charge in [-0.25, -0.2) is 0 Å². The highest BCUT2D eigenvalue weighted by molar-refractivity contribution is 5.95. The minimum absolute atomic E-state index is 0.0663. The van der Waals surface area contributed by atoms with Gasteiger partial charge in [0.25, 0.3) is 0 Å². The van der Waals surface area contributed by atoms with Crippen molar-refractivity contribution in [3.63, 3.8) is 0 Å². The fraction of sp³-hybridized carbons (Fsp3) is 0.160. The van der Waals surface area contributed by atoms with Gasteiger partial charge in [-0.05, 0) is 58.1 Å². The van der Waals surface area contributed by atoms with Crippen LogP contribution in [0.15, 0.2) is 72.9 Å². The number of aryl methyl sites for hydroxylation is 1. The van der Waals surface area contributed by atoms with E-state index in [0.29, 0.717) is 0 Å². The van der Waals surface area contributed by atoms with Crippen molar-refractivity contribution in [1.29, 1.82) is 0 Å². The van der Waals surface area contributed by atoms with Crippen LogP contribution in [0, 0.1) is 6.92 Å². The molecule has 126 valence electrons. The molecule has 1 nitrogen and oxygen atoms in total. The maximum absolute atomic E-state index is 4.80. The summed E-state index contributed by atoms with van der Waals surface area (Å²) < 4.78 is 0. The van der Waals surface area contributed by atoms with Gasteiger partial charge in [0.15, 0.2) is 0 Å². The molecule has 0 radical (unpaired) electrons. The number of benzene rings is 3. The first kappa shape index (κ1) is 15.3. The summed E-state index contributed by atoms with van der Waals surface area (Å²) in [5.41, 5.74) is 8.91. The summed E-state index contributed by atoms with van der Waals surface area (Å²) in [5, 5.41) is 2.60. The molecule has 0 bridgehead atoms. The molecule has 5 rings (SSSR count). The fourth-order valence-corrected chi connectivity index (χ4v) is 4.36. The van der Waals surface area contributed by atoms with Crippen LogP contribution >= 0.6 is 0 Å². The van der Waals surface area contributed by atoms with Crippen molar-refractivity contribution in [2.45, 2.75) is 26.2 Å². The van der Waals surface area contributed by atoms with Crippen LogP contribution < -0.4 is 0 Å². The summed E-state index contributed by atoms with van der Waals surface area (Å²) in [6.07, 6.45) is 1.95. The zero-order valence-electron chi connectivity index (χ0n) is 15.4. The van der Waals surface area contributed by atoms with Gasteiger partial charge in [-0.3, -0.25) is 4.98 Å². The topological polar surface area (TPSA) is 12.9 Å². The van der Waals surface area contributed by atoms with Gasteiger partial charge in [-0.2, -0.15) is 0 Å². The monoisotopic (exact) mass is 335 g/mol. The maximum Gasteiger partial charge on any atom is 0.0748 e. The molecule has 0 amide bonds. The zero-order chi connectivity index (χ0) is 17.9. The third kappa shape index (κ3) is 2.07. The molecule has 0 fully saturated rings. The second kappa shape index (κ2) is 5.28. The highest BCUT2D eigenvalue weighted by Gasteiger charge is 2.38. The van der Waals surface area contributed by atoms with Crippen molar-refractivity contribution in [3.8, 4) is 22.4 Å². The Labute approximate surface area is 154 Å². The Balaban J connectivity index is 1.82. The van der Waals surface area contributed by atoms with Crippen LogP contribution in [0.5, 0.6) is 0 Å². The van der Waals surface area contributed by atoms with Crippen molar-refractivity contribution in [2.24, 2.45) is 0 Å². The van der Waals surface area contributed by atoms with Crippen molar-refractivity contribution in [1.82, 2.24) is 4.98 Å². The second-order valence-corrected chi connectivity index (χ2v) is 7.82. The SMILES string of the molecule is Cc1ccc(-c2nccc3c2C(C)(C)c2cc4ccccc4cc2-3)cc1. The van der Waals surface area contributed by atoms with E-state index in [1.807, 2.05) is 6.20 Å². The van der Waals surface area contributed by atoms with Crippen LogP contribution in [0.3, 0.4) is 0 Å². The van der Waals surface area contributed by atoms with E-state index < -0.39 is 0 Å². The Morgan fingerprint density at radius 1 is 0.769 bits per heavy atom. The van der Waals surface area contributed by atoms with Gasteiger partial charge >= 0.3 is 0 Å². The normalized spacial score (nSPS) is 14.3. The van der Waals surface area contributed by atoms with Gasteiger partial charge in [0.1, 0.15) is 0 Å². The standard InChI is InChI=1S/C25H21N/c1-16-8-10-17(11-9-16)24-23-20(12-13-26-24)21-14-18-6-4-5-7-19(18)15-22(21)25(23,2)3/h4-15H,1-3H3. The van der Waals surface area contributed by atoms with E-state index >= 15 is 0 Å². The highest BCUT2D eigenvalue weighted by Crippen LogP contribution is 2.52. The molecule has 1 heterocycles. The molecule has 4 aromatic rings. The third-order valence-corrected chi connectivity index (χ3v) is 5.75. The zero-order valence-corrected chi connectivity index (χ0v) is 15.4. The first-order valence-electron chi connectivity index (χ1n) is 9.16. The first-order valence-corrected chi connectivity index (χ1v) is 9.16. The Morgan fingerprint density at radius 2 is 1.46 bits per heavy atom. The molecule has 0 N–H and O–H groups in total. The lowest BCUT2D eigenvalue weighted by Crippen LogP contribution is -2.16. The Morgan fingerprint density at radius 3 is 2.19 bits per heavy atom. The van der Waals surface area contributed by atoms with Crippen LogP contribution in [0.2, 0.25) is 0 Å². The summed E-state index contributed by atoms with van der Waals surface area (Å²) in [7, 11) is 0. The largest absolute Gasteiger partial charge is 0.256 e. The van der Waals surface area contributed by atoms with Gasteiger partial charge in [0.05, 0.1) is 5.69 Å². The molecular formula is C25H21N.